The summed E-state index contributed by atoms with van der Waals surface area (Å²) in [5, 5.41) is 8.17. The molecule has 1 aliphatic heterocycles. The Morgan fingerprint density at radius 1 is 1.00 bits per heavy atom. The standard InChI is InChI=1S/C27H23FN8OS/c28-23-4-3-22(38-23)26-25-19(5-6-30-26)32-27(33-25)24-18-12-20(31-15-21(18)34-35-24)16-11-17(14-29-13-16)37-10-9-36-7-1-2-8-36/h3-6,11-15H,1-2,7-10H2,(H,32,33)(H,34,35). The monoisotopic (exact) mass is 526 g/mol. The van der Waals surface area contributed by atoms with Gasteiger partial charge in [-0.05, 0) is 56.3 Å². The Balaban J connectivity index is 1.20. The summed E-state index contributed by atoms with van der Waals surface area (Å²) in [5.74, 6) is 1.31. The summed E-state index contributed by atoms with van der Waals surface area (Å²) in [6, 6.07) is 8.94. The molecule has 9 nitrogen and oxygen atoms in total. The minimum Gasteiger partial charge on any atom is -0.491 e. The molecule has 6 aromatic heterocycles. The van der Waals surface area contributed by atoms with Gasteiger partial charge in [-0.3, -0.25) is 25.0 Å². The van der Waals surface area contributed by atoms with E-state index in [0.717, 1.165) is 69.3 Å². The zero-order valence-corrected chi connectivity index (χ0v) is 21.1. The first-order chi connectivity index (χ1) is 18.7. The first-order valence-corrected chi connectivity index (χ1v) is 13.3. The van der Waals surface area contributed by atoms with Gasteiger partial charge in [0.1, 0.15) is 29.3 Å². The molecule has 1 saturated heterocycles. The van der Waals surface area contributed by atoms with Gasteiger partial charge in [0.2, 0.25) is 0 Å². The number of nitrogens with one attached hydrogen (secondary N) is 2. The van der Waals surface area contributed by atoms with Crippen molar-refractivity contribution < 1.29 is 9.13 Å². The van der Waals surface area contributed by atoms with Gasteiger partial charge < -0.3 is 9.72 Å². The molecule has 0 atom stereocenters. The lowest BCUT2D eigenvalue weighted by Gasteiger charge is -2.15. The Kier molecular flexibility index (Phi) is 5.78. The Morgan fingerprint density at radius 3 is 2.79 bits per heavy atom. The highest BCUT2D eigenvalue weighted by molar-refractivity contribution is 7.13. The van der Waals surface area contributed by atoms with Crippen molar-refractivity contribution in [2.75, 3.05) is 26.2 Å². The largest absolute Gasteiger partial charge is 0.491 e. The number of pyridine rings is 3. The number of hydrogen-bond donors (Lipinski definition) is 2. The molecule has 11 heteroatoms. The SMILES string of the molecule is Fc1ccc(-c2nccc3[nH]c(-c4n[nH]c5cnc(-c6cncc(OCCN7CCCC7)c6)cc45)nc23)s1. The molecule has 1 fully saturated rings. The quantitative estimate of drug-likeness (QED) is 0.291. The fourth-order valence-corrected chi connectivity index (χ4v) is 5.59. The molecule has 1 aliphatic rings. The first kappa shape index (κ1) is 22.9. The van der Waals surface area contributed by atoms with Gasteiger partial charge in [-0.1, -0.05) is 0 Å². The van der Waals surface area contributed by atoms with Gasteiger partial charge >= 0.3 is 0 Å². The van der Waals surface area contributed by atoms with Crippen molar-refractivity contribution in [1.82, 2.24) is 40.0 Å². The summed E-state index contributed by atoms with van der Waals surface area (Å²) in [7, 11) is 0. The van der Waals surface area contributed by atoms with E-state index >= 15 is 0 Å². The summed E-state index contributed by atoms with van der Waals surface area (Å²) in [6.07, 6.45) is 9.49. The molecule has 0 aliphatic carbocycles. The Hall–Kier alpha value is -4.22. The lowest BCUT2D eigenvalue weighted by atomic mass is 10.1. The number of aromatic nitrogens is 7. The van der Waals surface area contributed by atoms with Gasteiger partial charge in [-0.15, -0.1) is 11.3 Å². The predicted octanol–water partition coefficient (Wildman–Crippen LogP) is 5.30. The highest BCUT2D eigenvalue weighted by Gasteiger charge is 2.18. The summed E-state index contributed by atoms with van der Waals surface area (Å²) < 4.78 is 19.7. The number of aromatic amines is 2. The van der Waals surface area contributed by atoms with E-state index in [4.69, 9.17) is 9.72 Å². The number of halogens is 1. The first-order valence-electron chi connectivity index (χ1n) is 12.5. The molecule has 0 spiro atoms. The average molecular weight is 527 g/mol. The van der Waals surface area contributed by atoms with E-state index in [1.165, 1.54) is 18.9 Å². The fraction of sp³-hybridized carbons (Fsp3) is 0.222. The van der Waals surface area contributed by atoms with Crippen molar-refractivity contribution in [3.63, 3.8) is 0 Å². The molecular weight excluding hydrogens is 503 g/mol. The molecule has 7 heterocycles. The van der Waals surface area contributed by atoms with Crippen LogP contribution < -0.4 is 4.74 Å². The van der Waals surface area contributed by atoms with E-state index < -0.39 is 0 Å². The number of ether oxygens (including phenoxy) is 1. The lowest BCUT2D eigenvalue weighted by Crippen LogP contribution is -2.25. The van der Waals surface area contributed by atoms with E-state index in [1.54, 1.807) is 30.9 Å². The summed E-state index contributed by atoms with van der Waals surface area (Å²) in [5.41, 5.74) is 5.15. The second-order valence-corrected chi connectivity index (χ2v) is 10.3. The van der Waals surface area contributed by atoms with Crippen molar-refractivity contribution >= 4 is 33.3 Å². The number of imidazole rings is 1. The van der Waals surface area contributed by atoms with Gasteiger partial charge in [0.25, 0.3) is 0 Å². The van der Waals surface area contributed by atoms with Crippen LogP contribution in [0.4, 0.5) is 4.39 Å². The van der Waals surface area contributed by atoms with Crippen molar-refractivity contribution in [3.8, 4) is 39.1 Å². The zero-order valence-electron chi connectivity index (χ0n) is 20.3. The Bertz CT molecular complexity index is 1750. The molecule has 38 heavy (non-hydrogen) atoms. The average Bonchev–Trinajstić information content (AvgIpc) is 3.74. The van der Waals surface area contributed by atoms with Gasteiger partial charge in [0, 0.05) is 29.9 Å². The topological polar surface area (TPSA) is 108 Å². The van der Waals surface area contributed by atoms with Crippen LogP contribution in [0.15, 0.2) is 55.1 Å². The fourth-order valence-electron chi connectivity index (χ4n) is 4.86. The van der Waals surface area contributed by atoms with Crippen LogP contribution >= 0.6 is 11.3 Å². The van der Waals surface area contributed by atoms with Crippen LogP contribution in [0.2, 0.25) is 0 Å². The van der Waals surface area contributed by atoms with Crippen LogP contribution in [-0.2, 0) is 0 Å². The van der Waals surface area contributed by atoms with Crippen molar-refractivity contribution in [1.29, 1.82) is 0 Å². The van der Waals surface area contributed by atoms with Crippen LogP contribution in [0.5, 0.6) is 5.75 Å². The maximum absolute atomic E-state index is 13.7. The number of hydrogen-bond acceptors (Lipinski definition) is 8. The second kappa shape index (κ2) is 9.58. The third-order valence-electron chi connectivity index (χ3n) is 6.76. The molecule has 0 bridgehead atoms. The summed E-state index contributed by atoms with van der Waals surface area (Å²) in [6.45, 7) is 3.84. The molecule has 0 saturated carbocycles. The van der Waals surface area contributed by atoms with Crippen LogP contribution in [0.25, 0.3) is 55.3 Å². The van der Waals surface area contributed by atoms with Crippen LogP contribution in [-0.4, -0.2) is 66.3 Å². The highest BCUT2D eigenvalue weighted by Crippen LogP contribution is 2.34. The molecule has 0 amide bonds. The third-order valence-corrected chi connectivity index (χ3v) is 7.64. The molecular formula is C27H23FN8OS. The van der Waals surface area contributed by atoms with Crippen LogP contribution in [0.1, 0.15) is 12.8 Å². The van der Waals surface area contributed by atoms with E-state index in [-0.39, 0.29) is 5.13 Å². The number of H-pyrrole nitrogens is 2. The normalized spacial score (nSPS) is 14.1. The minimum absolute atomic E-state index is 0.261. The van der Waals surface area contributed by atoms with Gasteiger partial charge in [0.05, 0.1) is 34.0 Å². The molecule has 2 N–H and O–H groups in total. The zero-order chi connectivity index (χ0) is 25.5. The van der Waals surface area contributed by atoms with E-state index in [1.807, 2.05) is 18.2 Å². The lowest BCUT2D eigenvalue weighted by molar-refractivity contribution is 0.237. The number of rotatable bonds is 7. The predicted molar refractivity (Wildman–Crippen MR) is 144 cm³/mol. The van der Waals surface area contributed by atoms with E-state index in [2.05, 4.69) is 35.0 Å². The molecule has 0 unspecified atom stereocenters. The van der Waals surface area contributed by atoms with Crippen molar-refractivity contribution in [2.24, 2.45) is 0 Å². The molecule has 7 rings (SSSR count). The number of nitrogens with zero attached hydrogens (tertiary/aromatic N) is 6. The van der Waals surface area contributed by atoms with Gasteiger partial charge in [0.15, 0.2) is 11.0 Å². The molecule has 0 radical (unpaired) electrons. The van der Waals surface area contributed by atoms with Crippen LogP contribution in [0, 0.1) is 5.13 Å². The third kappa shape index (κ3) is 4.29. The van der Waals surface area contributed by atoms with E-state index in [9.17, 15) is 4.39 Å². The Labute approximate surface area is 220 Å². The molecule has 6 aromatic rings. The maximum atomic E-state index is 13.7. The van der Waals surface area contributed by atoms with Crippen molar-refractivity contribution in [2.45, 2.75) is 12.8 Å². The van der Waals surface area contributed by atoms with Crippen LogP contribution in [0.3, 0.4) is 0 Å². The number of fused-ring (bicyclic) bond motifs is 2. The van der Waals surface area contributed by atoms with E-state index in [0.29, 0.717) is 29.3 Å². The molecule has 190 valence electrons. The minimum atomic E-state index is -0.261. The maximum Gasteiger partial charge on any atom is 0.177 e. The highest BCUT2D eigenvalue weighted by atomic mass is 32.1. The smallest absolute Gasteiger partial charge is 0.177 e. The van der Waals surface area contributed by atoms with Crippen molar-refractivity contribution in [3.05, 3.63) is 60.3 Å². The number of likely N-dealkylation sites (tertiary alicyclic amines) is 1. The Morgan fingerprint density at radius 2 is 1.92 bits per heavy atom. The van der Waals surface area contributed by atoms with Gasteiger partial charge in [-0.25, -0.2) is 4.98 Å². The number of thiophene rings is 1. The summed E-state index contributed by atoms with van der Waals surface area (Å²) in [4.78, 5) is 24.7. The summed E-state index contributed by atoms with van der Waals surface area (Å²) >= 11 is 1.05. The molecule has 0 aromatic carbocycles. The van der Waals surface area contributed by atoms with Gasteiger partial charge in [-0.2, -0.15) is 9.49 Å². The second-order valence-electron chi connectivity index (χ2n) is 9.24.